The summed E-state index contributed by atoms with van der Waals surface area (Å²) in [4.78, 5) is 27.7. The van der Waals surface area contributed by atoms with Crippen LogP contribution in [0.5, 0.6) is 0 Å². The standard InChI is InChI=1S/C18H20N6O/c1-13-17(22-15-4-2-3-9-24(13)15)18(25)21-14-5-10-23(11-6-14)16-12-19-7-8-20-16/h2-4,7-9,12,14H,5-6,10-11H2,1H3,(H,21,25). The zero-order valence-corrected chi connectivity index (χ0v) is 14.1. The molecule has 0 atom stereocenters. The first-order valence-electron chi connectivity index (χ1n) is 8.48. The molecule has 128 valence electrons. The van der Waals surface area contributed by atoms with Gasteiger partial charge in [0.05, 0.1) is 11.9 Å². The van der Waals surface area contributed by atoms with Gasteiger partial charge in [0.2, 0.25) is 0 Å². The quantitative estimate of drug-likeness (QED) is 0.790. The lowest BCUT2D eigenvalue weighted by Gasteiger charge is -2.32. The highest BCUT2D eigenvalue weighted by atomic mass is 16.2. The molecule has 4 heterocycles. The Labute approximate surface area is 145 Å². The molecule has 4 rings (SSSR count). The van der Waals surface area contributed by atoms with Crippen molar-refractivity contribution in [1.82, 2.24) is 24.7 Å². The molecule has 3 aromatic rings. The SMILES string of the molecule is Cc1c(C(=O)NC2CCN(c3cnccn3)CC2)nc2ccccn12. The van der Waals surface area contributed by atoms with Crippen LogP contribution in [0.25, 0.3) is 5.65 Å². The Morgan fingerprint density at radius 1 is 1.24 bits per heavy atom. The minimum absolute atomic E-state index is 0.0980. The summed E-state index contributed by atoms with van der Waals surface area (Å²) in [6.07, 6.45) is 8.85. The predicted molar refractivity (Wildman–Crippen MR) is 94.7 cm³/mol. The molecule has 1 fully saturated rings. The van der Waals surface area contributed by atoms with Crippen LogP contribution in [0.4, 0.5) is 5.82 Å². The van der Waals surface area contributed by atoms with E-state index in [0.29, 0.717) is 5.69 Å². The van der Waals surface area contributed by atoms with E-state index in [1.165, 1.54) is 0 Å². The van der Waals surface area contributed by atoms with Crippen LogP contribution < -0.4 is 10.2 Å². The number of anilines is 1. The summed E-state index contributed by atoms with van der Waals surface area (Å²) in [7, 11) is 0. The number of hydrogen-bond acceptors (Lipinski definition) is 5. The number of amides is 1. The Morgan fingerprint density at radius 2 is 2.08 bits per heavy atom. The molecule has 3 aromatic heterocycles. The second-order valence-corrected chi connectivity index (χ2v) is 6.27. The number of fused-ring (bicyclic) bond motifs is 1. The smallest absolute Gasteiger partial charge is 0.272 e. The Bertz CT molecular complexity index is 883. The van der Waals surface area contributed by atoms with Gasteiger partial charge in [-0.25, -0.2) is 9.97 Å². The summed E-state index contributed by atoms with van der Waals surface area (Å²) in [5.74, 6) is 0.794. The molecule has 7 heteroatoms. The summed E-state index contributed by atoms with van der Waals surface area (Å²) in [5.41, 5.74) is 2.16. The van der Waals surface area contributed by atoms with Crippen molar-refractivity contribution in [2.75, 3.05) is 18.0 Å². The monoisotopic (exact) mass is 336 g/mol. The number of rotatable bonds is 3. The molecule has 1 N–H and O–H groups in total. The Balaban J connectivity index is 1.41. The third-order valence-electron chi connectivity index (χ3n) is 4.69. The Hall–Kier alpha value is -2.96. The van der Waals surface area contributed by atoms with Crippen LogP contribution in [-0.2, 0) is 0 Å². The highest BCUT2D eigenvalue weighted by molar-refractivity contribution is 5.94. The third kappa shape index (κ3) is 3.05. The fourth-order valence-electron chi connectivity index (χ4n) is 3.29. The van der Waals surface area contributed by atoms with Gasteiger partial charge in [0, 0.05) is 37.7 Å². The molecule has 0 radical (unpaired) electrons. The molecule has 0 bridgehead atoms. The number of hydrogen-bond donors (Lipinski definition) is 1. The van der Waals surface area contributed by atoms with Gasteiger partial charge in [-0.15, -0.1) is 0 Å². The fourth-order valence-corrected chi connectivity index (χ4v) is 3.29. The summed E-state index contributed by atoms with van der Waals surface area (Å²) in [6, 6.07) is 5.92. The molecule has 1 saturated heterocycles. The first-order chi connectivity index (χ1) is 12.2. The summed E-state index contributed by atoms with van der Waals surface area (Å²) in [5, 5.41) is 3.13. The van der Waals surface area contributed by atoms with Gasteiger partial charge < -0.3 is 14.6 Å². The molecule has 1 aliphatic rings. The van der Waals surface area contributed by atoms with E-state index in [-0.39, 0.29) is 11.9 Å². The van der Waals surface area contributed by atoms with Gasteiger partial charge in [0.15, 0.2) is 0 Å². The van der Waals surface area contributed by atoms with E-state index in [0.717, 1.165) is 43.1 Å². The van der Waals surface area contributed by atoms with Gasteiger partial charge in [-0.05, 0) is 31.9 Å². The van der Waals surface area contributed by atoms with Crippen molar-refractivity contribution >= 4 is 17.4 Å². The molecule has 0 saturated carbocycles. The maximum Gasteiger partial charge on any atom is 0.272 e. The van der Waals surface area contributed by atoms with E-state index in [2.05, 4.69) is 25.2 Å². The van der Waals surface area contributed by atoms with Gasteiger partial charge >= 0.3 is 0 Å². The van der Waals surface area contributed by atoms with Crippen LogP contribution in [0.3, 0.4) is 0 Å². The average molecular weight is 336 g/mol. The van der Waals surface area contributed by atoms with Crippen molar-refractivity contribution in [1.29, 1.82) is 0 Å². The molecule has 25 heavy (non-hydrogen) atoms. The number of nitrogens with one attached hydrogen (secondary N) is 1. The van der Waals surface area contributed by atoms with E-state index in [1.807, 2.05) is 35.7 Å². The molecule has 0 aliphatic carbocycles. The first-order valence-corrected chi connectivity index (χ1v) is 8.48. The highest BCUT2D eigenvalue weighted by Gasteiger charge is 2.24. The number of imidazole rings is 1. The lowest BCUT2D eigenvalue weighted by Crippen LogP contribution is -2.45. The lowest BCUT2D eigenvalue weighted by atomic mass is 10.0. The van der Waals surface area contributed by atoms with E-state index < -0.39 is 0 Å². The van der Waals surface area contributed by atoms with Gasteiger partial charge in [-0.2, -0.15) is 0 Å². The second-order valence-electron chi connectivity index (χ2n) is 6.27. The first kappa shape index (κ1) is 15.6. The topological polar surface area (TPSA) is 75.4 Å². The number of nitrogens with zero attached hydrogens (tertiary/aromatic N) is 5. The Morgan fingerprint density at radius 3 is 2.80 bits per heavy atom. The average Bonchev–Trinajstić information content (AvgIpc) is 3.00. The number of carbonyl (C=O) groups excluding carboxylic acids is 1. The summed E-state index contributed by atoms with van der Waals surface area (Å²) in [6.45, 7) is 3.63. The van der Waals surface area contributed by atoms with Crippen LogP contribution in [-0.4, -0.2) is 44.4 Å². The molecular formula is C18H20N6O. The number of aromatic nitrogens is 4. The third-order valence-corrected chi connectivity index (χ3v) is 4.69. The number of carbonyl (C=O) groups is 1. The fraction of sp³-hybridized carbons (Fsp3) is 0.333. The van der Waals surface area contributed by atoms with Gasteiger partial charge in [-0.1, -0.05) is 6.07 Å². The minimum Gasteiger partial charge on any atom is -0.355 e. The molecule has 0 aromatic carbocycles. The van der Waals surface area contributed by atoms with Crippen LogP contribution in [0, 0.1) is 6.92 Å². The van der Waals surface area contributed by atoms with E-state index in [9.17, 15) is 4.79 Å². The van der Waals surface area contributed by atoms with Crippen molar-refractivity contribution < 1.29 is 4.79 Å². The van der Waals surface area contributed by atoms with Crippen molar-refractivity contribution in [3.05, 3.63) is 54.4 Å². The maximum atomic E-state index is 12.6. The molecule has 1 amide bonds. The normalized spacial score (nSPS) is 15.5. The molecular weight excluding hydrogens is 316 g/mol. The number of aryl methyl sites for hydroxylation is 1. The van der Waals surface area contributed by atoms with E-state index in [4.69, 9.17) is 0 Å². The van der Waals surface area contributed by atoms with Crippen molar-refractivity contribution in [3.63, 3.8) is 0 Å². The molecule has 0 spiro atoms. The summed E-state index contributed by atoms with van der Waals surface area (Å²) >= 11 is 0. The van der Waals surface area contributed by atoms with Crippen molar-refractivity contribution in [2.45, 2.75) is 25.8 Å². The van der Waals surface area contributed by atoms with Gasteiger partial charge in [-0.3, -0.25) is 9.78 Å². The molecule has 0 unspecified atom stereocenters. The van der Waals surface area contributed by atoms with Crippen molar-refractivity contribution in [2.24, 2.45) is 0 Å². The van der Waals surface area contributed by atoms with E-state index >= 15 is 0 Å². The van der Waals surface area contributed by atoms with Crippen molar-refractivity contribution in [3.8, 4) is 0 Å². The minimum atomic E-state index is -0.0980. The largest absolute Gasteiger partial charge is 0.355 e. The predicted octanol–water partition coefficient (Wildman–Crippen LogP) is 1.83. The Kier molecular flexibility index (Phi) is 4.05. The maximum absolute atomic E-state index is 12.6. The van der Waals surface area contributed by atoms with Crippen LogP contribution in [0.2, 0.25) is 0 Å². The zero-order chi connectivity index (χ0) is 17.2. The number of pyridine rings is 1. The highest BCUT2D eigenvalue weighted by Crippen LogP contribution is 2.17. The van der Waals surface area contributed by atoms with Crippen LogP contribution in [0.15, 0.2) is 43.0 Å². The van der Waals surface area contributed by atoms with Crippen LogP contribution >= 0.6 is 0 Å². The van der Waals surface area contributed by atoms with E-state index in [1.54, 1.807) is 18.6 Å². The van der Waals surface area contributed by atoms with Gasteiger partial charge in [0.25, 0.3) is 5.91 Å². The summed E-state index contributed by atoms with van der Waals surface area (Å²) < 4.78 is 1.94. The lowest BCUT2D eigenvalue weighted by molar-refractivity contribution is 0.0926. The zero-order valence-electron chi connectivity index (χ0n) is 14.1. The molecule has 7 nitrogen and oxygen atoms in total. The van der Waals surface area contributed by atoms with Gasteiger partial charge in [0.1, 0.15) is 17.2 Å². The molecule has 1 aliphatic heterocycles. The van der Waals surface area contributed by atoms with Crippen LogP contribution in [0.1, 0.15) is 29.0 Å². The number of piperidine rings is 1. The second kappa shape index (κ2) is 6.51.